The highest BCUT2D eigenvalue weighted by Gasteiger charge is 2.68. The van der Waals surface area contributed by atoms with E-state index >= 15 is 4.39 Å². The molecule has 8 heteroatoms. The summed E-state index contributed by atoms with van der Waals surface area (Å²) in [7, 11) is 0. The van der Waals surface area contributed by atoms with Gasteiger partial charge in [-0.1, -0.05) is 24.3 Å². The summed E-state index contributed by atoms with van der Waals surface area (Å²) in [5, 5.41) is 0. The maximum absolute atomic E-state index is 15.4. The number of fused-ring (bicyclic) bond motifs is 2. The number of hydrogen-bond donors (Lipinski definition) is 0. The third-order valence-electron chi connectivity index (χ3n) is 9.04. The highest BCUT2D eigenvalue weighted by Crippen LogP contribution is 2.72. The predicted molar refractivity (Wildman–Crippen MR) is 136 cm³/mol. The van der Waals surface area contributed by atoms with E-state index in [2.05, 4.69) is 17.1 Å². The highest BCUT2D eigenvalue weighted by molar-refractivity contribution is 6.02. The first kappa shape index (κ1) is 23.3. The molecule has 3 fully saturated rings. The van der Waals surface area contributed by atoms with Crippen molar-refractivity contribution in [2.45, 2.75) is 63.6 Å². The number of hydrogen-bond acceptors (Lipinski definition) is 5. The molecule has 7 nitrogen and oxygen atoms in total. The highest BCUT2D eigenvalue weighted by atomic mass is 19.1. The predicted octanol–water partition coefficient (Wildman–Crippen LogP) is 4.52. The molecular formula is C30H28FN3O4. The van der Waals surface area contributed by atoms with E-state index in [-0.39, 0.29) is 35.1 Å². The lowest BCUT2D eigenvalue weighted by Crippen LogP contribution is -2.65. The summed E-state index contributed by atoms with van der Waals surface area (Å²) in [6, 6.07) is 10.2. The van der Waals surface area contributed by atoms with Gasteiger partial charge in [0.25, 0.3) is 5.91 Å². The van der Waals surface area contributed by atoms with Gasteiger partial charge in [-0.05, 0) is 73.3 Å². The van der Waals surface area contributed by atoms with Crippen LogP contribution in [-0.2, 0) is 39.3 Å². The van der Waals surface area contributed by atoms with Crippen molar-refractivity contribution in [1.82, 2.24) is 14.5 Å². The Balaban J connectivity index is 1.19. The average Bonchev–Trinajstić information content (AvgIpc) is 3.56. The van der Waals surface area contributed by atoms with Crippen LogP contribution in [0.2, 0.25) is 0 Å². The first-order valence-electron chi connectivity index (χ1n) is 13.3. The molecule has 1 amide bonds. The van der Waals surface area contributed by atoms with Crippen molar-refractivity contribution in [3.8, 4) is 11.1 Å². The van der Waals surface area contributed by atoms with Crippen LogP contribution in [0.25, 0.3) is 11.1 Å². The summed E-state index contributed by atoms with van der Waals surface area (Å²) >= 11 is 0. The van der Waals surface area contributed by atoms with E-state index < -0.39 is 23.7 Å². The number of benzene rings is 2. The number of halogens is 1. The Morgan fingerprint density at radius 3 is 2.66 bits per heavy atom. The number of aromatic nitrogens is 2. The Labute approximate surface area is 219 Å². The lowest BCUT2D eigenvalue weighted by molar-refractivity contribution is -0.159. The molecule has 1 aromatic heterocycles. The summed E-state index contributed by atoms with van der Waals surface area (Å²) < 4.78 is 22.8. The van der Waals surface area contributed by atoms with Gasteiger partial charge in [0.2, 0.25) is 0 Å². The van der Waals surface area contributed by atoms with Crippen LogP contribution in [0.1, 0.15) is 71.5 Å². The molecule has 2 aromatic carbocycles. The zero-order valence-corrected chi connectivity index (χ0v) is 21.2. The number of aldehydes is 1. The molecule has 5 aliphatic rings. The van der Waals surface area contributed by atoms with E-state index in [1.165, 1.54) is 16.5 Å². The zero-order valence-electron chi connectivity index (χ0n) is 21.2. The lowest BCUT2D eigenvalue weighted by atomic mass is 9.34. The summed E-state index contributed by atoms with van der Waals surface area (Å²) in [6.45, 7) is 2.70. The van der Waals surface area contributed by atoms with Crippen LogP contribution < -0.4 is 0 Å². The van der Waals surface area contributed by atoms with Crippen molar-refractivity contribution in [3.05, 3.63) is 76.6 Å². The van der Waals surface area contributed by atoms with Gasteiger partial charge in [0.1, 0.15) is 12.1 Å². The molecule has 0 saturated heterocycles. The number of carbonyl (C=O) groups excluding carboxylic acids is 3. The monoisotopic (exact) mass is 513 g/mol. The second kappa shape index (κ2) is 8.09. The lowest BCUT2D eigenvalue weighted by Gasteiger charge is -2.68. The van der Waals surface area contributed by atoms with Gasteiger partial charge >= 0.3 is 5.97 Å². The van der Waals surface area contributed by atoms with Crippen LogP contribution in [0.4, 0.5) is 4.39 Å². The summed E-state index contributed by atoms with van der Waals surface area (Å²) in [6.07, 6.45) is 7.23. The van der Waals surface area contributed by atoms with Crippen LogP contribution in [0.3, 0.4) is 0 Å². The summed E-state index contributed by atoms with van der Waals surface area (Å²) in [5.41, 5.74) is 4.63. The Morgan fingerprint density at radius 1 is 1.18 bits per heavy atom. The molecule has 0 spiro atoms. The van der Waals surface area contributed by atoms with E-state index in [9.17, 15) is 14.4 Å². The van der Waals surface area contributed by atoms with E-state index in [1.807, 2.05) is 16.7 Å². The molecule has 194 valence electrons. The molecule has 3 aromatic rings. The van der Waals surface area contributed by atoms with Gasteiger partial charge in [0, 0.05) is 28.8 Å². The van der Waals surface area contributed by atoms with Crippen molar-refractivity contribution in [1.29, 1.82) is 0 Å². The van der Waals surface area contributed by atoms with Gasteiger partial charge in [0.05, 0.1) is 25.2 Å². The van der Waals surface area contributed by atoms with Crippen LogP contribution in [0.5, 0.6) is 0 Å². The molecular weight excluding hydrogens is 485 g/mol. The Bertz CT molecular complexity index is 1490. The molecule has 3 heterocycles. The van der Waals surface area contributed by atoms with Gasteiger partial charge in [-0.3, -0.25) is 4.79 Å². The molecule has 3 aliphatic carbocycles. The van der Waals surface area contributed by atoms with Gasteiger partial charge < -0.3 is 19.0 Å². The van der Waals surface area contributed by atoms with E-state index in [0.717, 1.165) is 56.2 Å². The number of esters is 1. The molecule has 3 saturated carbocycles. The fraction of sp³-hybridized carbons (Fsp3) is 0.400. The average molecular weight is 514 g/mol. The number of amides is 1. The van der Waals surface area contributed by atoms with Crippen LogP contribution in [0, 0.1) is 11.2 Å². The van der Waals surface area contributed by atoms with E-state index in [0.29, 0.717) is 11.3 Å². The summed E-state index contributed by atoms with van der Waals surface area (Å²) in [4.78, 5) is 43.9. The first-order valence-corrected chi connectivity index (χ1v) is 13.3. The standard InChI is InChI=1S/C30H28FN3O4/c1-2-38-28(37)26(25-24-4-3-9-33(24)17-32-25)34-12-22-21(27(34)36)10-19(11-23(22)31)18-5-7-20(8-6-18)30-13-29(14-30,15-30)16-35/h5-8,10-11,16-17,26H,2-4,9,12-15H2,1H3/t26-,29?,30?/m1/s1. The van der Waals surface area contributed by atoms with Crippen molar-refractivity contribution >= 4 is 18.2 Å². The SMILES string of the molecule is CCOC(=O)[C@@H](c1ncn2c1CCC2)N1Cc2c(F)cc(-c3ccc(C45CC(C=O)(C4)C5)cc3)cc2C1=O. The molecule has 0 unspecified atom stereocenters. The number of aryl methyl sites for hydroxylation is 1. The van der Waals surface area contributed by atoms with Crippen LogP contribution in [0.15, 0.2) is 42.7 Å². The van der Waals surface area contributed by atoms with Gasteiger partial charge in [-0.15, -0.1) is 0 Å². The minimum atomic E-state index is -1.02. The van der Waals surface area contributed by atoms with E-state index in [1.54, 1.807) is 19.3 Å². The van der Waals surface area contributed by atoms with Crippen LogP contribution >= 0.6 is 0 Å². The minimum absolute atomic E-state index is 0.0179. The quantitative estimate of drug-likeness (QED) is 0.343. The van der Waals surface area contributed by atoms with Gasteiger partial charge in [0.15, 0.2) is 6.04 Å². The van der Waals surface area contributed by atoms with Crippen LogP contribution in [-0.4, -0.2) is 39.2 Å². The fourth-order valence-electron chi connectivity index (χ4n) is 7.21. The van der Waals surface area contributed by atoms with Gasteiger partial charge in [-0.2, -0.15) is 0 Å². The van der Waals surface area contributed by atoms with Crippen molar-refractivity contribution in [2.75, 3.05) is 6.61 Å². The third kappa shape index (κ3) is 3.18. The molecule has 0 radical (unpaired) electrons. The van der Waals surface area contributed by atoms with Crippen molar-refractivity contribution in [2.24, 2.45) is 5.41 Å². The number of carbonyl (C=O) groups is 3. The topological polar surface area (TPSA) is 81.5 Å². The van der Waals surface area contributed by atoms with E-state index in [4.69, 9.17) is 4.74 Å². The normalized spacial score (nSPS) is 25.3. The zero-order chi connectivity index (χ0) is 26.2. The first-order chi connectivity index (χ1) is 18.4. The Hall–Kier alpha value is -3.81. The maximum atomic E-state index is 15.4. The largest absolute Gasteiger partial charge is 0.464 e. The molecule has 2 bridgehead atoms. The minimum Gasteiger partial charge on any atom is -0.464 e. The number of imidazole rings is 1. The molecule has 38 heavy (non-hydrogen) atoms. The maximum Gasteiger partial charge on any atom is 0.335 e. The van der Waals surface area contributed by atoms with Crippen molar-refractivity contribution in [3.63, 3.8) is 0 Å². The number of rotatable bonds is 7. The number of ether oxygens (including phenoxy) is 1. The van der Waals surface area contributed by atoms with Crippen molar-refractivity contribution < 1.29 is 23.5 Å². The summed E-state index contributed by atoms with van der Waals surface area (Å²) in [5.74, 6) is -1.42. The number of nitrogens with zero attached hydrogens (tertiary/aromatic N) is 3. The third-order valence-corrected chi connectivity index (χ3v) is 9.04. The molecule has 1 atom stereocenters. The molecule has 0 N–H and O–H groups in total. The van der Waals surface area contributed by atoms with Gasteiger partial charge in [-0.25, -0.2) is 14.2 Å². The molecule has 2 aliphatic heterocycles. The Morgan fingerprint density at radius 2 is 1.95 bits per heavy atom. The Kier molecular flexibility index (Phi) is 4.97. The molecule has 8 rings (SSSR count). The second-order valence-corrected chi connectivity index (χ2v) is 11.3. The second-order valence-electron chi connectivity index (χ2n) is 11.3. The fourth-order valence-corrected chi connectivity index (χ4v) is 7.21. The smallest absolute Gasteiger partial charge is 0.335 e.